The molecule has 0 radical (unpaired) electrons. The van der Waals surface area contributed by atoms with Crippen molar-refractivity contribution < 1.29 is 18.0 Å². The Morgan fingerprint density at radius 3 is 2.45 bits per heavy atom. The fourth-order valence-electron chi connectivity index (χ4n) is 4.49. The van der Waals surface area contributed by atoms with Crippen molar-refractivity contribution in [1.29, 1.82) is 5.26 Å². The normalized spacial score (nSPS) is 16.2. The summed E-state index contributed by atoms with van der Waals surface area (Å²) in [5.74, 6) is -0.732. The van der Waals surface area contributed by atoms with Gasteiger partial charge in [-0.2, -0.15) is 9.57 Å². The van der Waals surface area contributed by atoms with E-state index in [4.69, 9.17) is 5.26 Å². The van der Waals surface area contributed by atoms with E-state index in [1.54, 1.807) is 17.5 Å². The monoisotopic (exact) mass is 544 g/mol. The van der Waals surface area contributed by atoms with Crippen molar-refractivity contribution in [3.8, 4) is 6.07 Å². The van der Waals surface area contributed by atoms with Gasteiger partial charge in [0.05, 0.1) is 21.4 Å². The highest BCUT2D eigenvalue weighted by Gasteiger charge is 2.40. The number of amides is 2. The summed E-state index contributed by atoms with van der Waals surface area (Å²) in [5, 5.41) is 15.9. The first-order valence-electron chi connectivity index (χ1n) is 12.0. The summed E-state index contributed by atoms with van der Waals surface area (Å²) in [4.78, 5) is 28.7. The molecule has 0 spiro atoms. The molecule has 10 heteroatoms. The zero-order chi connectivity index (χ0) is 26.7. The molecule has 1 unspecified atom stereocenters. The van der Waals surface area contributed by atoms with Crippen molar-refractivity contribution in [2.45, 2.75) is 17.5 Å². The molecule has 192 valence electrons. The van der Waals surface area contributed by atoms with Gasteiger partial charge in [0.1, 0.15) is 6.04 Å². The fraction of sp³-hybridized carbons (Fsp3) is 0.179. The molecule has 1 aliphatic heterocycles. The number of hydrogen-bond donors (Lipinski definition) is 1. The van der Waals surface area contributed by atoms with Crippen molar-refractivity contribution >= 4 is 43.9 Å². The Kier molecular flexibility index (Phi) is 7.24. The molecule has 4 aromatic rings. The second-order valence-electron chi connectivity index (χ2n) is 8.89. The van der Waals surface area contributed by atoms with Gasteiger partial charge in [0, 0.05) is 26.2 Å². The van der Waals surface area contributed by atoms with Crippen LogP contribution in [0.4, 0.5) is 0 Å². The van der Waals surface area contributed by atoms with E-state index in [0.29, 0.717) is 10.4 Å². The standard InChI is InChI=1S/C28H24N4O4S2/c29-17-20-8-11-24(12-9-20)38(35,36)31-13-14-32(28(34)26-6-3-15-37-26)25(19-31)27(33)30-18-21-7-10-22-4-1-2-5-23(22)16-21/h1-12,15-16,25H,13-14,18-19H2,(H,30,33). The lowest BCUT2D eigenvalue weighted by atomic mass is 10.1. The Labute approximate surface area is 224 Å². The molecule has 8 nitrogen and oxygen atoms in total. The third-order valence-corrected chi connectivity index (χ3v) is 9.28. The zero-order valence-corrected chi connectivity index (χ0v) is 21.9. The maximum atomic E-state index is 13.5. The van der Waals surface area contributed by atoms with Crippen LogP contribution in [-0.4, -0.2) is 55.1 Å². The molecule has 0 saturated carbocycles. The number of nitrogens with zero attached hydrogens (tertiary/aromatic N) is 3. The lowest BCUT2D eigenvalue weighted by Crippen LogP contribution is -2.61. The highest BCUT2D eigenvalue weighted by Crippen LogP contribution is 2.24. The molecular weight excluding hydrogens is 520 g/mol. The van der Waals surface area contributed by atoms with E-state index < -0.39 is 22.0 Å². The number of carbonyl (C=O) groups excluding carboxylic acids is 2. The van der Waals surface area contributed by atoms with Gasteiger partial charge in [-0.05, 0) is 58.1 Å². The van der Waals surface area contributed by atoms with E-state index in [0.717, 1.165) is 16.3 Å². The number of benzene rings is 3. The van der Waals surface area contributed by atoms with Gasteiger partial charge < -0.3 is 10.2 Å². The SMILES string of the molecule is N#Cc1ccc(S(=O)(=O)N2CCN(C(=O)c3cccs3)C(C(=O)NCc3ccc4ccccc4c3)C2)cc1. The van der Waals surface area contributed by atoms with Gasteiger partial charge >= 0.3 is 0 Å². The molecule has 1 aliphatic rings. The van der Waals surface area contributed by atoms with Gasteiger partial charge in [0.15, 0.2) is 0 Å². The largest absolute Gasteiger partial charge is 0.350 e. The molecule has 3 aromatic carbocycles. The molecular formula is C28H24N4O4S2. The first kappa shape index (κ1) is 25.6. The summed E-state index contributed by atoms with van der Waals surface area (Å²) >= 11 is 1.28. The van der Waals surface area contributed by atoms with Crippen molar-refractivity contribution in [2.24, 2.45) is 0 Å². The average Bonchev–Trinajstić information content (AvgIpc) is 3.50. The lowest BCUT2D eigenvalue weighted by Gasteiger charge is -2.39. The summed E-state index contributed by atoms with van der Waals surface area (Å²) in [7, 11) is -3.94. The lowest BCUT2D eigenvalue weighted by molar-refractivity contribution is -0.127. The van der Waals surface area contributed by atoms with Crippen molar-refractivity contribution in [2.75, 3.05) is 19.6 Å². The van der Waals surface area contributed by atoms with Crippen LogP contribution in [0.1, 0.15) is 20.8 Å². The predicted octanol–water partition coefficient (Wildman–Crippen LogP) is 3.60. The topological polar surface area (TPSA) is 111 Å². The number of nitrogens with one attached hydrogen (secondary N) is 1. The van der Waals surface area contributed by atoms with Gasteiger partial charge in [-0.25, -0.2) is 8.42 Å². The average molecular weight is 545 g/mol. The minimum Gasteiger partial charge on any atom is -0.350 e. The van der Waals surface area contributed by atoms with Crippen LogP contribution in [0, 0.1) is 11.3 Å². The Bertz CT molecular complexity index is 1630. The number of sulfonamides is 1. The molecule has 1 atom stereocenters. The molecule has 2 amide bonds. The molecule has 1 fully saturated rings. The molecule has 5 rings (SSSR count). The summed E-state index contributed by atoms with van der Waals surface area (Å²) in [6.45, 7) is 0.181. The Morgan fingerprint density at radius 1 is 0.974 bits per heavy atom. The van der Waals surface area contributed by atoms with Gasteiger partial charge in [-0.1, -0.05) is 42.5 Å². The molecule has 0 bridgehead atoms. The Balaban J connectivity index is 1.38. The Hall–Kier alpha value is -4.04. The fourth-order valence-corrected chi connectivity index (χ4v) is 6.61. The van der Waals surface area contributed by atoms with E-state index in [1.807, 2.05) is 48.5 Å². The number of hydrogen-bond acceptors (Lipinski definition) is 6. The second kappa shape index (κ2) is 10.8. The predicted molar refractivity (Wildman–Crippen MR) is 145 cm³/mol. The van der Waals surface area contributed by atoms with Crippen LogP contribution in [0.2, 0.25) is 0 Å². The maximum absolute atomic E-state index is 13.5. The summed E-state index contributed by atoms with van der Waals surface area (Å²) in [5.41, 5.74) is 1.24. The smallest absolute Gasteiger partial charge is 0.264 e. The highest BCUT2D eigenvalue weighted by atomic mass is 32.2. The number of thiophene rings is 1. The van der Waals surface area contributed by atoms with Crippen LogP contribution in [-0.2, 0) is 21.4 Å². The van der Waals surface area contributed by atoms with Gasteiger partial charge in [-0.15, -0.1) is 11.3 Å². The number of fused-ring (bicyclic) bond motifs is 1. The minimum atomic E-state index is -3.94. The Morgan fingerprint density at radius 2 is 1.74 bits per heavy atom. The van der Waals surface area contributed by atoms with Gasteiger partial charge in [0.2, 0.25) is 15.9 Å². The van der Waals surface area contributed by atoms with Crippen molar-refractivity contribution in [1.82, 2.24) is 14.5 Å². The van der Waals surface area contributed by atoms with Crippen molar-refractivity contribution in [3.63, 3.8) is 0 Å². The molecule has 2 heterocycles. The van der Waals surface area contributed by atoms with E-state index in [2.05, 4.69) is 5.32 Å². The minimum absolute atomic E-state index is 0.0323. The molecule has 0 aliphatic carbocycles. The number of rotatable bonds is 6. The van der Waals surface area contributed by atoms with E-state index in [1.165, 1.54) is 44.8 Å². The van der Waals surface area contributed by atoms with Crippen LogP contribution in [0.3, 0.4) is 0 Å². The second-order valence-corrected chi connectivity index (χ2v) is 11.8. The van der Waals surface area contributed by atoms with Crippen molar-refractivity contribution in [3.05, 3.63) is 100 Å². The molecule has 1 aromatic heterocycles. The summed E-state index contributed by atoms with van der Waals surface area (Å²) in [6, 6.07) is 23.9. The van der Waals surface area contributed by atoms with Crippen LogP contribution in [0.15, 0.2) is 89.1 Å². The van der Waals surface area contributed by atoms with E-state index >= 15 is 0 Å². The summed E-state index contributed by atoms with van der Waals surface area (Å²) in [6.07, 6.45) is 0. The third-order valence-electron chi connectivity index (χ3n) is 6.54. The number of nitriles is 1. The molecule has 38 heavy (non-hydrogen) atoms. The van der Waals surface area contributed by atoms with Crippen LogP contribution < -0.4 is 5.32 Å². The van der Waals surface area contributed by atoms with Gasteiger partial charge in [-0.3, -0.25) is 9.59 Å². The maximum Gasteiger partial charge on any atom is 0.264 e. The van der Waals surface area contributed by atoms with Crippen LogP contribution in [0.5, 0.6) is 0 Å². The quantitative estimate of drug-likeness (QED) is 0.399. The summed E-state index contributed by atoms with van der Waals surface area (Å²) < 4.78 is 28.0. The first-order chi connectivity index (χ1) is 18.4. The zero-order valence-electron chi connectivity index (χ0n) is 20.3. The third kappa shape index (κ3) is 5.17. The van der Waals surface area contributed by atoms with Crippen LogP contribution in [0.25, 0.3) is 10.8 Å². The van der Waals surface area contributed by atoms with E-state index in [-0.39, 0.29) is 37.0 Å². The number of piperazine rings is 1. The number of carbonyl (C=O) groups is 2. The van der Waals surface area contributed by atoms with E-state index in [9.17, 15) is 18.0 Å². The van der Waals surface area contributed by atoms with Crippen LogP contribution >= 0.6 is 11.3 Å². The molecule has 1 saturated heterocycles. The van der Waals surface area contributed by atoms with Gasteiger partial charge in [0.25, 0.3) is 5.91 Å². The highest BCUT2D eigenvalue weighted by molar-refractivity contribution is 7.89. The first-order valence-corrected chi connectivity index (χ1v) is 14.3. The molecule has 1 N–H and O–H groups in total.